The Kier molecular flexibility index (Phi) is 5.10. The van der Waals surface area contributed by atoms with Crippen LogP contribution in [0.4, 0.5) is 0 Å². The Morgan fingerprint density at radius 2 is 2.08 bits per heavy atom. The van der Waals surface area contributed by atoms with Crippen molar-refractivity contribution >= 4 is 27.6 Å². The van der Waals surface area contributed by atoms with Crippen LogP contribution in [0.3, 0.4) is 0 Å². The molecule has 1 aliphatic carbocycles. The zero-order chi connectivity index (χ0) is 18.0. The first-order valence-electron chi connectivity index (χ1n) is 9.05. The van der Waals surface area contributed by atoms with Crippen molar-refractivity contribution in [1.29, 1.82) is 0 Å². The van der Waals surface area contributed by atoms with Crippen molar-refractivity contribution in [2.24, 2.45) is 5.41 Å². The average molecular weight is 351 g/mol. The Bertz CT molecular complexity index is 890. The number of fused-ring (bicyclic) bond motifs is 1. The largest absolute Gasteiger partial charge is 0.263 e. The number of nitrogens with zero attached hydrogens (tertiary/aromatic N) is 1. The van der Waals surface area contributed by atoms with E-state index in [4.69, 9.17) is 0 Å². The van der Waals surface area contributed by atoms with Crippen LogP contribution in [0.15, 0.2) is 60.2 Å². The lowest BCUT2D eigenvalue weighted by molar-refractivity contribution is -0.665. The summed E-state index contributed by atoms with van der Waals surface area (Å²) in [6, 6.07) is 6.76. The predicted molar refractivity (Wildman–Crippen MR) is 111 cm³/mol. The highest BCUT2D eigenvalue weighted by Crippen LogP contribution is 2.39. The second-order valence-electron chi connectivity index (χ2n) is 7.71. The quantitative estimate of drug-likeness (QED) is 0.444. The number of aryl methyl sites for hydroxylation is 2. The van der Waals surface area contributed by atoms with E-state index in [1.807, 2.05) is 23.5 Å². The van der Waals surface area contributed by atoms with Gasteiger partial charge in [-0.15, -0.1) is 0 Å². The average Bonchev–Trinajstić information content (AvgIpc) is 2.87. The fraction of sp³-hybridized carbons (Fsp3) is 0.348. The van der Waals surface area contributed by atoms with Crippen LogP contribution >= 0.6 is 11.3 Å². The van der Waals surface area contributed by atoms with Gasteiger partial charge in [0.1, 0.15) is 11.2 Å². The molecule has 0 spiro atoms. The SMILES string of the molecule is C=CC=CC1=CC(=Cc2sc3cc(C)ccc3[n+]2CC)CC(C)(C)C1. The molecule has 130 valence electrons. The summed E-state index contributed by atoms with van der Waals surface area (Å²) in [6.07, 6.45) is 13.1. The van der Waals surface area contributed by atoms with Gasteiger partial charge in [0.2, 0.25) is 5.52 Å². The zero-order valence-electron chi connectivity index (χ0n) is 15.8. The maximum Gasteiger partial charge on any atom is 0.263 e. The summed E-state index contributed by atoms with van der Waals surface area (Å²) in [7, 11) is 0. The maximum absolute atomic E-state index is 3.79. The highest BCUT2D eigenvalue weighted by Gasteiger charge is 2.26. The van der Waals surface area contributed by atoms with E-state index in [0.717, 1.165) is 19.4 Å². The maximum atomic E-state index is 3.79. The molecule has 0 radical (unpaired) electrons. The molecule has 0 bridgehead atoms. The van der Waals surface area contributed by atoms with Gasteiger partial charge in [-0.3, -0.25) is 0 Å². The Balaban J connectivity index is 2.08. The molecule has 0 atom stereocenters. The standard InChI is InChI=1S/C23H28NS/c1-6-8-9-18-13-19(16-23(4,5)15-18)14-22-24(7-2)20-11-10-17(3)12-21(20)25-22/h6,8-14H,1,7,15-16H2,2-5H3/q+1. The van der Waals surface area contributed by atoms with Crippen LogP contribution < -0.4 is 4.57 Å². The first-order chi connectivity index (χ1) is 11.9. The fourth-order valence-electron chi connectivity index (χ4n) is 3.70. The molecule has 1 aliphatic rings. The highest BCUT2D eigenvalue weighted by molar-refractivity contribution is 7.18. The molecule has 0 unspecified atom stereocenters. The molecule has 25 heavy (non-hydrogen) atoms. The van der Waals surface area contributed by atoms with Crippen molar-refractivity contribution in [2.75, 3.05) is 0 Å². The van der Waals surface area contributed by atoms with Gasteiger partial charge in [0.25, 0.3) is 5.01 Å². The van der Waals surface area contributed by atoms with Crippen molar-refractivity contribution in [1.82, 2.24) is 0 Å². The summed E-state index contributed by atoms with van der Waals surface area (Å²) in [5.41, 5.74) is 5.78. The van der Waals surface area contributed by atoms with E-state index in [9.17, 15) is 0 Å². The molecular formula is C23H28NS+. The van der Waals surface area contributed by atoms with Gasteiger partial charge >= 0.3 is 0 Å². The number of hydrogen-bond donors (Lipinski definition) is 0. The van der Waals surface area contributed by atoms with Gasteiger partial charge in [-0.05, 0) is 54.9 Å². The molecule has 1 nitrogen and oxygen atoms in total. The van der Waals surface area contributed by atoms with Crippen molar-refractivity contribution in [3.8, 4) is 0 Å². The number of hydrogen-bond acceptors (Lipinski definition) is 1. The third-order valence-electron chi connectivity index (χ3n) is 4.69. The predicted octanol–water partition coefficient (Wildman–Crippen LogP) is 6.39. The van der Waals surface area contributed by atoms with Gasteiger partial charge in [-0.1, -0.05) is 62.1 Å². The topological polar surface area (TPSA) is 3.88 Å². The van der Waals surface area contributed by atoms with Gasteiger partial charge < -0.3 is 0 Å². The van der Waals surface area contributed by atoms with E-state index in [1.54, 1.807) is 0 Å². The van der Waals surface area contributed by atoms with Gasteiger partial charge in [0.05, 0.1) is 0 Å². The fourth-order valence-corrected chi connectivity index (χ4v) is 5.00. The number of benzene rings is 1. The first-order valence-corrected chi connectivity index (χ1v) is 9.87. The van der Waals surface area contributed by atoms with Crippen LogP contribution in [-0.4, -0.2) is 0 Å². The van der Waals surface area contributed by atoms with Crippen molar-refractivity contribution in [2.45, 2.75) is 47.1 Å². The van der Waals surface area contributed by atoms with Gasteiger partial charge in [-0.25, -0.2) is 0 Å². The van der Waals surface area contributed by atoms with Crippen LogP contribution in [0, 0.1) is 12.3 Å². The summed E-state index contributed by atoms with van der Waals surface area (Å²) < 4.78 is 3.81. The van der Waals surface area contributed by atoms with Crippen molar-refractivity contribution in [3.05, 3.63) is 70.8 Å². The van der Waals surface area contributed by atoms with Crippen LogP contribution in [0.2, 0.25) is 0 Å². The third kappa shape index (κ3) is 4.01. The molecule has 0 saturated heterocycles. The molecule has 1 aromatic carbocycles. The Morgan fingerprint density at radius 1 is 1.28 bits per heavy atom. The number of aromatic nitrogens is 1. The zero-order valence-corrected chi connectivity index (χ0v) is 16.6. The summed E-state index contributed by atoms with van der Waals surface area (Å²) in [5, 5.41) is 1.35. The van der Waals surface area contributed by atoms with Crippen LogP contribution in [-0.2, 0) is 6.54 Å². The summed E-state index contributed by atoms with van der Waals surface area (Å²) >= 11 is 1.90. The molecule has 2 aromatic rings. The number of allylic oxidation sites excluding steroid dienone is 6. The molecule has 0 N–H and O–H groups in total. The van der Waals surface area contributed by atoms with E-state index in [2.05, 4.69) is 75.3 Å². The van der Waals surface area contributed by atoms with E-state index in [0.29, 0.717) is 5.41 Å². The molecular weight excluding hydrogens is 322 g/mol. The van der Waals surface area contributed by atoms with E-state index >= 15 is 0 Å². The Labute approximate surface area is 155 Å². The second kappa shape index (κ2) is 7.13. The minimum atomic E-state index is 0.297. The van der Waals surface area contributed by atoms with Gasteiger partial charge in [0, 0.05) is 12.1 Å². The van der Waals surface area contributed by atoms with Crippen LogP contribution in [0.1, 0.15) is 44.2 Å². The third-order valence-corrected chi connectivity index (χ3v) is 5.79. The second-order valence-corrected chi connectivity index (χ2v) is 8.77. The number of rotatable bonds is 4. The molecule has 0 saturated carbocycles. The minimum Gasteiger partial charge on any atom is -0.182 e. The molecule has 1 aromatic heterocycles. The minimum absolute atomic E-state index is 0.297. The van der Waals surface area contributed by atoms with Gasteiger partial charge in [0.15, 0.2) is 0 Å². The molecule has 3 rings (SSSR count). The summed E-state index contributed by atoms with van der Waals surface area (Å²) in [4.78, 5) is 0. The highest BCUT2D eigenvalue weighted by atomic mass is 32.1. The van der Waals surface area contributed by atoms with E-state index in [1.165, 1.54) is 31.9 Å². The lowest BCUT2D eigenvalue weighted by Crippen LogP contribution is -2.33. The number of thiazole rings is 1. The van der Waals surface area contributed by atoms with Crippen LogP contribution in [0.5, 0.6) is 0 Å². The molecule has 0 amide bonds. The summed E-state index contributed by atoms with van der Waals surface area (Å²) in [5.74, 6) is 0. The smallest absolute Gasteiger partial charge is 0.182 e. The normalized spacial score (nSPS) is 18.9. The molecule has 0 aliphatic heterocycles. The molecule has 2 heteroatoms. The van der Waals surface area contributed by atoms with Crippen molar-refractivity contribution in [3.63, 3.8) is 0 Å². The van der Waals surface area contributed by atoms with E-state index in [-0.39, 0.29) is 0 Å². The van der Waals surface area contributed by atoms with Crippen LogP contribution in [0.25, 0.3) is 16.3 Å². The first kappa shape index (κ1) is 17.9. The Hall–Kier alpha value is -1.93. The van der Waals surface area contributed by atoms with Crippen molar-refractivity contribution < 1.29 is 4.57 Å². The Morgan fingerprint density at radius 3 is 2.80 bits per heavy atom. The summed E-state index contributed by atoms with van der Waals surface area (Å²) in [6.45, 7) is 13.9. The monoisotopic (exact) mass is 350 g/mol. The molecule has 1 heterocycles. The van der Waals surface area contributed by atoms with E-state index < -0.39 is 0 Å². The van der Waals surface area contributed by atoms with Gasteiger partial charge in [-0.2, -0.15) is 4.57 Å². The molecule has 0 fully saturated rings. The lowest BCUT2D eigenvalue weighted by atomic mass is 9.75. The lowest BCUT2D eigenvalue weighted by Gasteiger charge is -2.30.